The minimum Gasteiger partial charge on any atom is -0.252 e. The first kappa shape index (κ1) is 23.5. The van der Waals surface area contributed by atoms with Crippen molar-refractivity contribution in [3.05, 3.63) is 156 Å². The molecular formula is C34H22N6. The molecule has 6 nitrogen and oxygen atoms in total. The molecule has 0 aliphatic carbocycles. The van der Waals surface area contributed by atoms with Crippen LogP contribution in [0.3, 0.4) is 0 Å². The second-order valence-electron chi connectivity index (χ2n) is 9.21. The van der Waals surface area contributed by atoms with Gasteiger partial charge in [-0.25, -0.2) is 20.0 Å². The van der Waals surface area contributed by atoms with Crippen LogP contribution in [0.1, 0.15) is 22.8 Å². The second-order valence-corrected chi connectivity index (χ2v) is 9.21. The number of pyridine rings is 4. The highest BCUT2D eigenvalue weighted by Crippen LogP contribution is 2.31. The summed E-state index contributed by atoms with van der Waals surface area (Å²) in [6, 6.07) is 39.7. The van der Waals surface area contributed by atoms with Crippen LogP contribution in [-0.4, -0.2) is 31.4 Å². The van der Waals surface area contributed by atoms with Crippen LogP contribution in [0.4, 0.5) is 11.4 Å². The Morgan fingerprint density at radius 3 is 1.23 bits per heavy atom. The molecule has 0 atom stereocenters. The Hall–Kier alpha value is -5.62. The Morgan fingerprint density at radius 1 is 0.350 bits per heavy atom. The number of rotatable bonds is 4. The summed E-state index contributed by atoms with van der Waals surface area (Å²) in [6.07, 6.45) is 3.51. The van der Waals surface area contributed by atoms with Gasteiger partial charge in [-0.3, -0.25) is 9.97 Å². The number of fused-ring (bicyclic) bond motifs is 2. The Bertz CT molecular complexity index is 1750. The minimum absolute atomic E-state index is 0.636. The van der Waals surface area contributed by atoms with Gasteiger partial charge in [0.05, 0.1) is 34.2 Å². The van der Waals surface area contributed by atoms with Gasteiger partial charge in [0, 0.05) is 23.5 Å². The van der Waals surface area contributed by atoms with Crippen LogP contribution in [0, 0.1) is 0 Å². The molecule has 0 bridgehead atoms. The molecule has 0 fully saturated rings. The smallest absolute Gasteiger partial charge is 0.117 e. The van der Waals surface area contributed by atoms with Crippen molar-refractivity contribution in [2.75, 3.05) is 0 Å². The van der Waals surface area contributed by atoms with Crippen molar-refractivity contribution < 1.29 is 0 Å². The Labute approximate surface area is 231 Å². The van der Waals surface area contributed by atoms with Crippen molar-refractivity contribution in [3.8, 4) is 22.5 Å². The summed E-state index contributed by atoms with van der Waals surface area (Å²) in [7, 11) is 0. The van der Waals surface area contributed by atoms with E-state index in [0.29, 0.717) is 45.6 Å². The van der Waals surface area contributed by atoms with E-state index < -0.39 is 0 Å². The summed E-state index contributed by atoms with van der Waals surface area (Å²) in [5, 5.41) is 0. The van der Waals surface area contributed by atoms with Gasteiger partial charge in [0.1, 0.15) is 22.8 Å². The lowest BCUT2D eigenvalue weighted by Gasteiger charge is -2.16. The van der Waals surface area contributed by atoms with Gasteiger partial charge in [0.15, 0.2) is 0 Å². The maximum atomic E-state index is 5.12. The highest BCUT2D eigenvalue weighted by Gasteiger charge is 2.23. The van der Waals surface area contributed by atoms with Gasteiger partial charge in [0.2, 0.25) is 0 Å². The van der Waals surface area contributed by atoms with Crippen LogP contribution >= 0.6 is 0 Å². The molecule has 1 aliphatic heterocycles. The molecular weight excluding hydrogens is 492 g/mol. The van der Waals surface area contributed by atoms with E-state index in [2.05, 4.69) is 0 Å². The van der Waals surface area contributed by atoms with Gasteiger partial charge >= 0.3 is 0 Å². The lowest BCUT2D eigenvalue weighted by Crippen LogP contribution is -2.14. The van der Waals surface area contributed by atoms with Gasteiger partial charge < -0.3 is 0 Å². The summed E-state index contributed by atoms with van der Waals surface area (Å²) in [6.45, 7) is 0. The van der Waals surface area contributed by atoms with Crippen molar-refractivity contribution in [1.29, 1.82) is 0 Å². The first-order valence-electron chi connectivity index (χ1n) is 13.0. The normalized spacial score (nSPS) is 14.9. The Morgan fingerprint density at radius 2 is 0.775 bits per heavy atom. The van der Waals surface area contributed by atoms with Crippen molar-refractivity contribution in [2.24, 2.45) is 9.98 Å². The molecule has 6 aromatic rings. The summed E-state index contributed by atoms with van der Waals surface area (Å²) < 4.78 is 0. The van der Waals surface area contributed by atoms with Crippen LogP contribution in [0.5, 0.6) is 0 Å². The molecule has 6 heteroatoms. The molecule has 7 rings (SSSR count). The van der Waals surface area contributed by atoms with E-state index in [0.717, 1.165) is 22.5 Å². The SMILES string of the molecule is c1ccc(-c2cccc(/C3=N/c4cccnc4/C(c4cccc(-c5ccccc5)n4)=N\c4cccnc43)n2)cc1. The lowest BCUT2D eigenvalue weighted by atomic mass is 10.0. The zero-order valence-corrected chi connectivity index (χ0v) is 21.4. The molecule has 0 spiro atoms. The van der Waals surface area contributed by atoms with Crippen molar-refractivity contribution in [2.45, 2.75) is 0 Å². The predicted octanol–water partition coefficient (Wildman–Crippen LogP) is 7.25. The van der Waals surface area contributed by atoms with E-state index in [1.54, 1.807) is 12.4 Å². The Kier molecular flexibility index (Phi) is 6.03. The monoisotopic (exact) mass is 514 g/mol. The number of hydrogen-bond donors (Lipinski definition) is 0. The fourth-order valence-electron chi connectivity index (χ4n) is 4.72. The fourth-order valence-corrected chi connectivity index (χ4v) is 4.72. The van der Waals surface area contributed by atoms with Gasteiger partial charge in [-0.2, -0.15) is 0 Å². The van der Waals surface area contributed by atoms with Gasteiger partial charge in [-0.05, 0) is 48.5 Å². The highest BCUT2D eigenvalue weighted by atomic mass is 14.9. The minimum atomic E-state index is 0.636. The van der Waals surface area contributed by atoms with E-state index >= 15 is 0 Å². The van der Waals surface area contributed by atoms with Gasteiger partial charge in [-0.1, -0.05) is 72.8 Å². The number of aliphatic imine (C=N–C) groups is 2. The van der Waals surface area contributed by atoms with Crippen molar-refractivity contribution >= 4 is 22.8 Å². The predicted molar refractivity (Wildman–Crippen MR) is 158 cm³/mol. The molecule has 4 aromatic heterocycles. The van der Waals surface area contributed by atoms with Crippen LogP contribution in [0.15, 0.2) is 144 Å². The van der Waals surface area contributed by atoms with Crippen LogP contribution < -0.4 is 0 Å². The van der Waals surface area contributed by atoms with E-state index in [-0.39, 0.29) is 0 Å². The number of nitrogens with zero attached hydrogens (tertiary/aromatic N) is 6. The first-order valence-corrected chi connectivity index (χ1v) is 13.0. The average Bonchev–Trinajstić information content (AvgIpc) is 3.03. The third kappa shape index (κ3) is 4.48. The van der Waals surface area contributed by atoms with E-state index in [1.807, 2.05) is 121 Å². The molecule has 1 aliphatic rings. The molecule has 0 N–H and O–H groups in total. The summed E-state index contributed by atoms with van der Waals surface area (Å²) in [4.78, 5) is 29.7. The zero-order chi connectivity index (χ0) is 26.7. The number of aromatic nitrogens is 4. The second kappa shape index (κ2) is 10.3. The number of hydrogen-bond acceptors (Lipinski definition) is 6. The molecule has 0 saturated carbocycles. The topological polar surface area (TPSA) is 76.3 Å². The maximum Gasteiger partial charge on any atom is 0.117 e. The van der Waals surface area contributed by atoms with Crippen molar-refractivity contribution in [3.63, 3.8) is 0 Å². The molecule has 188 valence electrons. The van der Waals surface area contributed by atoms with Gasteiger partial charge in [-0.15, -0.1) is 0 Å². The Balaban J connectivity index is 1.41. The maximum absolute atomic E-state index is 5.12. The standard InChI is InChI=1S/C34H22N6/c1-3-11-23(12-4-1)25-15-7-17-29(37-25)33-31-27(19-9-21-35-31)40-34(32-28(39-33)20-10-22-36-32)30-18-8-16-26(38-30)24-13-5-2-6-14-24/h1-22H/b33-31?,34-32?,39-28?,39-33-,40-27?,40-34-. The molecule has 0 radical (unpaired) electrons. The fraction of sp³-hybridized carbons (Fsp3) is 0. The third-order valence-corrected chi connectivity index (χ3v) is 6.61. The first-order chi connectivity index (χ1) is 19.8. The summed E-state index contributed by atoms with van der Waals surface area (Å²) >= 11 is 0. The summed E-state index contributed by atoms with van der Waals surface area (Å²) in [5.41, 5.74) is 9.10. The van der Waals surface area contributed by atoms with E-state index in [1.165, 1.54) is 0 Å². The molecule has 2 aromatic carbocycles. The van der Waals surface area contributed by atoms with E-state index in [4.69, 9.17) is 29.9 Å². The third-order valence-electron chi connectivity index (χ3n) is 6.61. The van der Waals surface area contributed by atoms with Crippen LogP contribution in [0.25, 0.3) is 22.5 Å². The average molecular weight is 515 g/mol. The highest BCUT2D eigenvalue weighted by molar-refractivity contribution is 6.20. The molecule has 5 heterocycles. The van der Waals surface area contributed by atoms with E-state index in [9.17, 15) is 0 Å². The number of benzene rings is 2. The molecule has 40 heavy (non-hydrogen) atoms. The molecule has 0 unspecified atom stereocenters. The van der Waals surface area contributed by atoms with Crippen LogP contribution in [-0.2, 0) is 0 Å². The van der Waals surface area contributed by atoms with Crippen LogP contribution in [0.2, 0.25) is 0 Å². The lowest BCUT2D eigenvalue weighted by molar-refractivity contribution is 1.19. The molecule has 0 amide bonds. The summed E-state index contributed by atoms with van der Waals surface area (Å²) in [5.74, 6) is 0. The van der Waals surface area contributed by atoms with Gasteiger partial charge in [0.25, 0.3) is 0 Å². The molecule has 0 saturated heterocycles. The zero-order valence-electron chi connectivity index (χ0n) is 21.4. The van der Waals surface area contributed by atoms with Crippen molar-refractivity contribution in [1.82, 2.24) is 19.9 Å². The largest absolute Gasteiger partial charge is 0.252 e. The quantitative estimate of drug-likeness (QED) is 0.248.